The van der Waals surface area contributed by atoms with E-state index in [1.54, 1.807) is 0 Å². The molecule has 0 heterocycles. The van der Waals surface area contributed by atoms with Gasteiger partial charge in [-0.3, -0.25) is 9.69 Å². The summed E-state index contributed by atoms with van der Waals surface area (Å²) in [6.45, 7) is 7.31. The first-order valence-corrected chi connectivity index (χ1v) is 11.6. The van der Waals surface area contributed by atoms with Gasteiger partial charge in [0.1, 0.15) is 0 Å². The maximum absolute atomic E-state index is 11.5. The van der Waals surface area contributed by atoms with Gasteiger partial charge in [-0.2, -0.15) is 0 Å². The summed E-state index contributed by atoms with van der Waals surface area (Å²) in [5.74, 6) is -0.723. The van der Waals surface area contributed by atoms with Crippen molar-refractivity contribution in [1.29, 1.82) is 0 Å². The maximum atomic E-state index is 11.5. The van der Waals surface area contributed by atoms with Gasteiger partial charge in [0, 0.05) is 18.6 Å². The van der Waals surface area contributed by atoms with E-state index in [2.05, 4.69) is 67.7 Å². The number of benzene rings is 2. The number of hydrogen-bond donors (Lipinski definition) is 1. The van der Waals surface area contributed by atoms with Gasteiger partial charge < -0.3 is 5.11 Å². The molecular weight excluding hydrogens is 365 g/mol. The molecule has 0 saturated carbocycles. The molecule has 0 bridgehead atoms. The molecule has 2 atom stereocenters. The molecule has 1 unspecified atom stereocenters. The summed E-state index contributed by atoms with van der Waals surface area (Å²) in [6.07, 6.45) is 5.95. The van der Waals surface area contributed by atoms with E-state index in [4.69, 9.17) is 0 Å². The van der Waals surface area contributed by atoms with Crippen molar-refractivity contribution in [2.45, 2.75) is 83.0 Å². The second-order valence-electron chi connectivity index (χ2n) is 7.99. The molecule has 30 heavy (non-hydrogen) atoms. The number of carbonyl (C=O) groups is 1. The number of nitrogens with zero attached hydrogens (tertiary/aromatic N) is 1. The molecule has 0 aliphatic heterocycles. The molecule has 0 spiro atoms. The van der Waals surface area contributed by atoms with Crippen LogP contribution in [-0.2, 0) is 11.3 Å². The standard InChI is InChI=1S/C22H29NO2.C4H9.Li/c1-3-4-15-21(16-22(24)25)23(17-19-11-7-5-8-12-19)18(2)20-13-9-6-10-14-20;1-3-4-2;/h5-14,18,21H,3-4,15-17H2,1-2H3,(H,24,25);1,3-4H2,2H3;/t18-,21?;;/m0../s1. The molecule has 2 aromatic rings. The van der Waals surface area contributed by atoms with E-state index in [-0.39, 0.29) is 18.5 Å². The van der Waals surface area contributed by atoms with E-state index in [0.717, 1.165) is 25.8 Å². The summed E-state index contributed by atoms with van der Waals surface area (Å²) < 4.78 is 0. The van der Waals surface area contributed by atoms with Crippen LogP contribution in [0.15, 0.2) is 60.7 Å². The number of aliphatic carboxylic acids is 1. The molecule has 0 amide bonds. The van der Waals surface area contributed by atoms with Crippen molar-refractivity contribution in [2.75, 3.05) is 0 Å². The van der Waals surface area contributed by atoms with Crippen LogP contribution in [0.1, 0.15) is 76.5 Å². The van der Waals surface area contributed by atoms with Crippen LogP contribution in [0.3, 0.4) is 0 Å². The molecule has 2 rings (SSSR count). The minimum atomic E-state index is -0.723. The summed E-state index contributed by atoms with van der Waals surface area (Å²) >= 11 is 2.21. The molecule has 0 radical (unpaired) electrons. The van der Waals surface area contributed by atoms with Crippen LogP contribution in [0.4, 0.5) is 0 Å². The van der Waals surface area contributed by atoms with Crippen LogP contribution < -0.4 is 0 Å². The Balaban J connectivity index is 0.000000804. The van der Waals surface area contributed by atoms with Gasteiger partial charge in [0.05, 0.1) is 6.42 Å². The molecular formula is C26H38LiNO2. The Labute approximate surface area is 193 Å². The monoisotopic (exact) mass is 403 g/mol. The predicted octanol–water partition coefficient (Wildman–Crippen LogP) is 6.66. The molecule has 0 saturated heterocycles. The molecule has 3 nitrogen and oxygen atoms in total. The van der Waals surface area contributed by atoms with Crippen molar-refractivity contribution < 1.29 is 9.90 Å². The Morgan fingerprint density at radius 3 is 2.00 bits per heavy atom. The van der Waals surface area contributed by atoms with Crippen LogP contribution in [0.25, 0.3) is 0 Å². The van der Waals surface area contributed by atoms with E-state index in [9.17, 15) is 9.90 Å². The first-order chi connectivity index (χ1) is 14.5. The fourth-order valence-corrected chi connectivity index (χ4v) is 3.68. The van der Waals surface area contributed by atoms with Crippen molar-refractivity contribution in [3.05, 3.63) is 71.8 Å². The Kier molecular flexibility index (Phi) is 14.3. The summed E-state index contributed by atoms with van der Waals surface area (Å²) in [6, 6.07) is 20.9. The molecule has 0 aliphatic carbocycles. The average Bonchev–Trinajstić information content (AvgIpc) is 2.77. The third-order valence-electron chi connectivity index (χ3n) is 5.46. The number of unbranched alkanes of at least 4 members (excludes halogenated alkanes) is 2. The van der Waals surface area contributed by atoms with Crippen molar-refractivity contribution in [3.8, 4) is 0 Å². The number of carboxylic acid groups (broad SMARTS) is 1. The van der Waals surface area contributed by atoms with Crippen LogP contribution in [0.2, 0.25) is 5.09 Å². The number of hydrogen-bond acceptors (Lipinski definition) is 2. The zero-order chi connectivity index (χ0) is 22.2. The molecule has 1 N–H and O–H groups in total. The Morgan fingerprint density at radius 1 is 0.967 bits per heavy atom. The van der Waals surface area contributed by atoms with Crippen LogP contribution >= 0.6 is 0 Å². The van der Waals surface area contributed by atoms with Crippen molar-refractivity contribution >= 4 is 23.7 Å². The SMILES string of the molecule is CCCCC(CC(=O)O)N(Cc1ccccc1)[C@@H](C)c1ccccc1.[Li][CH2]CCC. The van der Waals surface area contributed by atoms with Gasteiger partial charge in [0.25, 0.3) is 0 Å². The Hall–Kier alpha value is -1.53. The van der Waals surface area contributed by atoms with Gasteiger partial charge in [-0.1, -0.05) is 80.4 Å². The van der Waals surface area contributed by atoms with E-state index < -0.39 is 5.97 Å². The van der Waals surface area contributed by atoms with Crippen molar-refractivity contribution in [2.24, 2.45) is 0 Å². The fraction of sp³-hybridized carbons (Fsp3) is 0.500. The predicted molar refractivity (Wildman–Crippen MR) is 128 cm³/mol. The summed E-state index contributed by atoms with van der Waals surface area (Å²) in [4.78, 5) is 13.8. The third kappa shape index (κ3) is 10.5. The van der Waals surface area contributed by atoms with Gasteiger partial charge in [-0.25, -0.2) is 0 Å². The van der Waals surface area contributed by atoms with Gasteiger partial charge in [-0.15, -0.1) is 0 Å². The normalized spacial score (nSPS) is 12.7. The molecule has 0 aromatic heterocycles. The number of carboxylic acids is 1. The van der Waals surface area contributed by atoms with Gasteiger partial charge in [0.2, 0.25) is 0 Å². The Morgan fingerprint density at radius 2 is 1.53 bits per heavy atom. The van der Waals surface area contributed by atoms with E-state index >= 15 is 0 Å². The van der Waals surface area contributed by atoms with E-state index in [1.807, 2.05) is 36.4 Å². The van der Waals surface area contributed by atoms with Gasteiger partial charge >= 0.3 is 48.5 Å². The van der Waals surface area contributed by atoms with E-state index in [0.29, 0.717) is 0 Å². The summed E-state index contributed by atoms with van der Waals surface area (Å²) in [5, 5.41) is 10.8. The van der Waals surface area contributed by atoms with Crippen molar-refractivity contribution in [3.63, 3.8) is 0 Å². The average molecular weight is 404 g/mol. The number of rotatable bonds is 12. The topological polar surface area (TPSA) is 40.5 Å². The molecule has 4 heteroatoms. The van der Waals surface area contributed by atoms with Crippen molar-refractivity contribution in [1.82, 2.24) is 4.90 Å². The van der Waals surface area contributed by atoms with Gasteiger partial charge in [0.15, 0.2) is 0 Å². The first-order valence-electron chi connectivity index (χ1n) is 11.6. The van der Waals surface area contributed by atoms with E-state index in [1.165, 1.54) is 29.1 Å². The summed E-state index contributed by atoms with van der Waals surface area (Å²) in [5.41, 5.74) is 2.45. The van der Waals surface area contributed by atoms with Gasteiger partial charge in [-0.05, 0) is 24.5 Å². The second-order valence-corrected chi connectivity index (χ2v) is 7.99. The van der Waals surface area contributed by atoms with Crippen LogP contribution in [0, 0.1) is 0 Å². The zero-order valence-electron chi connectivity index (χ0n) is 19.4. The Bertz CT molecular complexity index is 676. The first kappa shape index (κ1) is 26.5. The molecule has 0 fully saturated rings. The fourth-order valence-electron chi connectivity index (χ4n) is 3.68. The van der Waals surface area contributed by atoms with Crippen LogP contribution in [-0.4, -0.2) is 39.7 Å². The zero-order valence-corrected chi connectivity index (χ0v) is 19.4. The molecule has 0 aliphatic rings. The minimum absolute atomic E-state index is 0.0351. The third-order valence-corrected chi connectivity index (χ3v) is 5.46. The molecule has 160 valence electrons. The summed E-state index contributed by atoms with van der Waals surface area (Å²) in [7, 11) is 0. The molecule has 2 aromatic carbocycles. The quantitative estimate of drug-likeness (QED) is 0.403. The van der Waals surface area contributed by atoms with Crippen LogP contribution in [0.5, 0.6) is 0 Å². The second kappa shape index (κ2) is 16.2.